The maximum absolute atomic E-state index is 12.3. The first-order valence-corrected chi connectivity index (χ1v) is 8.72. The number of aromatic nitrogens is 2. The quantitative estimate of drug-likeness (QED) is 0.694. The van der Waals surface area contributed by atoms with Gasteiger partial charge in [0.05, 0.1) is 12.3 Å². The van der Waals surface area contributed by atoms with Crippen molar-refractivity contribution < 1.29 is 9.53 Å². The topological polar surface area (TPSA) is 82.2 Å². The number of hydrogen-bond acceptors (Lipinski definition) is 4. The van der Waals surface area contributed by atoms with Gasteiger partial charge >= 0.3 is 0 Å². The van der Waals surface area contributed by atoms with Crippen molar-refractivity contribution in [1.29, 1.82) is 0 Å². The SMILES string of the molecule is CCCO[C@@H]1CC[C@H](C(=O)NCCCc2cnn(C)c2)C[C@H]1N.Cl. The van der Waals surface area contributed by atoms with E-state index in [1.165, 1.54) is 5.56 Å². The van der Waals surface area contributed by atoms with E-state index < -0.39 is 0 Å². The molecule has 0 aliphatic heterocycles. The Morgan fingerprint density at radius 3 is 2.92 bits per heavy atom. The van der Waals surface area contributed by atoms with Crippen molar-refractivity contribution in [2.45, 2.75) is 57.6 Å². The van der Waals surface area contributed by atoms with Gasteiger partial charge in [-0.25, -0.2) is 0 Å². The first-order valence-electron chi connectivity index (χ1n) is 8.72. The fourth-order valence-corrected chi connectivity index (χ4v) is 3.14. The zero-order valence-electron chi connectivity index (χ0n) is 14.7. The van der Waals surface area contributed by atoms with Gasteiger partial charge in [0.1, 0.15) is 0 Å². The first-order chi connectivity index (χ1) is 11.1. The van der Waals surface area contributed by atoms with Crippen molar-refractivity contribution in [3.63, 3.8) is 0 Å². The van der Waals surface area contributed by atoms with E-state index in [0.717, 1.165) is 45.1 Å². The van der Waals surface area contributed by atoms with Crippen molar-refractivity contribution in [2.24, 2.45) is 18.7 Å². The third-order valence-electron chi connectivity index (χ3n) is 4.44. The molecule has 2 rings (SSSR count). The maximum Gasteiger partial charge on any atom is 0.223 e. The number of halogens is 1. The van der Waals surface area contributed by atoms with E-state index in [-0.39, 0.29) is 36.4 Å². The number of nitrogens with two attached hydrogens (primary N) is 1. The van der Waals surface area contributed by atoms with Crippen LogP contribution in [-0.4, -0.2) is 41.0 Å². The summed E-state index contributed by atoms with van der Waals surface area (Å²) in [5, 5.41) is 7.19. The Hall–Kier alpha value is -1.11. The molecular formula is C17H31ClN4O2. The lowest BCUT2D eigenvalue weighted by Gasteiger charge is -2.33. The molecular weight excluding hydrogens is 328 g/mol. The molecule has 0 spiro atoms. The lowest BCUT2D eigenvalue weighted by molar-refractivity contribution is -0.127. The molecule has 7 heteroatoms. The third-order valence-corrected chi connectivity index (χ3v) is 4.44. The molecule has 0 unspecified atom stereocenters. The molecule has 1 heterocycles. The van der Waals surface area contributed by atoms with Gasteiger partial charge in [-0.3, -0.25) is 9.48 Å². The molecule has 0 radical (unpaired) electrons. The molecule has 1 amide bonds. The first kappa shape index (κ1) is 20.9. The largest absolute Gasteiger partial charge is 0.377 e. The summed E-state index contributed by atoms with van der Waals surface area (Å²) in [6, 6.07) is -0.0264. The molecule has 24 heavy (non-hydrogen) atoms. The van der Waals surface area contributed by atoms with Crippen LogP contribution in [0.4, 0.5) is 0 Å². The van der Waals surface area contributed by atoms with E-state index in [9.17, 15) is 4.79 Å². The van der Waals surface area contributed by atoms with E-state index in [0.29, 0.717) is 6.54 Å². The molecule has 1 aromatic rings. The summed E-state index contributed by atoms with van der Waals surface area (Å²) < 4.78 is 7.56. The summed E-state index contributed by atoms with van der Waals surface area (Å²) in [6.45, 7) is 3.55. The molecule has 1 aliphatic rings. The summed E-state index contributed by atoms with van der Waals surface area (Å²) in [4.78, 5) is 12.3. The standard InChI is InChI=1S/C17H30N4O2.ClH/c1-3-9-23-16-7-6-14(10-15(16)18)17(22)19-8-4-5-13-11-20-21(2)12-13;/h11-12,14-16H,3-10,18H2,1-2H3,(H,19,22);1H/t14-,15+,16+;/m0./s1. The van der Waals surface area contributed by atoms with Crippen LogP contribution in [0.15, 0.2) is 12.4 Å². The predicted octanol–water partition coefficient (Wildman–Crippen LogP) is 1.81. The Kier molecular flexibility index (Phi) is 9.33. The van der Waals surface area contributed by atoms with Crippen LogP contribution in [0.2, 0.25) is 0 Å². The Morgan fingerprint density at radius 2 is 2.29 bits per heavy atom. The highest BCUT2D eigenvalue weighted by Gasteiger charge is 2.32. The minimum absolute atomic E-state index is 0. The molecule has 1 aromatic heterocycles. The summed E-state index contributed by atoms with van der Waals surface area (Å²) >= 11 is 0. The average Bonchev–Trinajstić information content (AvgIpc) is 2.95. The zero-order chi connectivity index (χ0) is 16.7. The van der Waals surface area contributed by atoms with Crippen LogP contribution in [0.1, 0.15) is 44.6 Å². The van der Waals surface area contributed by atoms with Gasteiger partial charge in [-0.05, 0) is 44.1 Å². The average molecular weight is 359 g/mol. The lowest BCUT2D eigenvalue weighted by Crippen LogP contribution is -2.46. The van der Waals surface area contributed by atoms with Gasteiger partial charge in [-0.15, -0.1) is 12.4 Å². The number of carbonyl (C=O) groups is 1. The Bertz CT molecular complexity index is 495. The van der Waals surface area contributed by atoms with Crippen LogP contribution in [0.25, 0.3) is 0 Å². The number of amides is 1. The normalized spacial score (nSPS) is 23.5. The minimum atomic E-state index is -0.0264. The van der Waals surface area contributed by atoms with Gasteiger partial charge in [0.2, 0.25) is 5.91 Å². The van der Waals surface area contributed by atoms with E-state index in [2.05, 4.69) is 17.3 Å². The minimum Gasteiger partial charge on any atom is -0.377 e. The Balaban J connectivity index is 0.00000288. The van der Waals surface area contributed by atoms with Gasteiger partial charge < -0.3 is 15.8 Å². The third kappa shape index (κ3) is 6.42. The molecule has 3 N–H and O–H groups in total. The highest BCUT2D eigenvalue weighted by molar-refractivity contribution is 5.85. The number of nitrogens with one attached hydrogen (secondary N) is 1. The van der Waals surface area contributed by atoms with Crippen molar-refractivity contribution in [1.82, 2.24) is 15.1 Å². The van der Waals surface area contributed by atoms with Crippen LogP contribution in [0, 0.1) is 5.92 Å². The van der Waals surface area contributed by atoms with Gasteiger partial charge in [0, 0.05) is 38.4 Å². The molecule has 138 valence electrons. The van der Waals surface area contributed by atoms with Crippen molar-refractivity contribution in [2.75, 3.05) is 13.2 Å². The second-order valence-corrected chi connectivity index (χ2v) is 6.50. The van der Waals surface area contributed by atoms with Crippen LogP contribution >= 0.6 is 12.4 Å². The highest BCUT2D eigenvalue weighted by atomic mass is 35.5. The predicted molar refractivity (Wildman–Crippen MR) is 97.1 cm³/mol. The maximum atomic E-state index is 12.3. The zero-order valence-corrected chi connectivity index (χ0v) is 15.6. The summed E-state index contributed by atoms with van der Waals surface area (Å²) in [5.41, 5.74) is 7.37. The Morgan fingerprint density at radius 1 is 1.50 bits per heavy atom. The molecule has 0 bridgehead atoms. The van der Waals surface area contributed by atoms with E-state index in [4.69, 9.17) is 10.5 Å². The summed E-state index contributed by atoms with van der Waals surface area (Å²) in [5.74, 6) is 0.172. The molecule has 0 saturated heterocycles. The molecule has 1 aliphatic carbocycles. The fraction of sp³-hybridized carbons (Fsp3) is 0.765. The van der Waals surface area contributed by atoms with Crippen molar-refractivity contribution >= 4 is 18.3 Å². The number of ether oxygens (including phenoxy) is 1. The smallest absolute Gasteiger partial charge is 0.223 e. The second kappa shape index (κ2) is 10.7. The molecule has 0 aromatic carbocycles. The molecule has 3 atom stereocenters. The number of rotatable bonds is 8. The van der Waals surface area contributed by atoms with Crippen molar-refractivity contribution in [3.05, 3.63) is 18.0 Å². The molecule has 6 nitrogen and oxygen atoms in total. The van der Waals surface area contributed by atoms with Gasteiger partial charge in [-0.1, -0.05) is 6.92 Å². The van der Waals surface area contributed by atoms with E-state index in [1.807, 2.05) is 19.4 Å². The van der Waals surface area contributed by atoms with Gasteiger partial charge in [-0.2, -0.15) is 5.10 Å². The number of aryl methyl sites for hydroxylation is 2. The van der Waals surface area contributed by atoms with Crippen LogP contribution in [0.3, 0.4) is 0 Å². The Labute approximate surface area is 150 Å². The highest BCUT2D eigenvalue weighted by Crippen LogP contribution is 2.26. The molecule has 1 fully saturated rings. The van der Waals surface area contributed by atoms with Crippen molar-refractivity contribution in [3.8, 4) is 0 Å². The van der Waals surface area contributed by atoms with Gasteiger partial charge in [0.25, 0.3) is 0 Å². The van der Waals surface area contributed by atoms with Crippen LogP contribution in [-0.2, 0) is 23.0 Å². The van der Waals surface area contributed by atoms with Crippen LogP contribution < -0.4 is 11.1 Å². The summed E-state index contributed by atoms with van der Waals surface area (Å²) in [7, 11) is 1.91. The molecule has 1 saturated carbocycles. The monoisotopic (exact) mass is 358 g/mol. The number of nitrogens with zero attached hydrogens (tertiary/aromatic N) is 2. The second-order valence-electron chi connectivity index (χ2n) is 6.50. The number of carbonyl (C=O) groups excluding carboxylic acids is 1. The lowest BCUT2D eigenvalue weighted by atomic mass is 9.83. The van der Waals surface area contributed by atoms with E-state index in [1.54, 1.807) is 4.68 Å². The van der Waals surface area contributed by atoms with E-state index >= 15 is 0 Å². The summed E-state index contributed by atoms with van der Waals surface area (Å²) in [6.07, 6.45) is 9.35. The van der Waals surface area contributed by atoms with Crippen LogP contribution in [0.5, 0.6) is 0 Å². The van der Waals surface area contributed by atoms with Gasteiger partial charge in [0.15, 0.2) is 0 Å². The number of hydrogen-bond donors (Lipinski definition) is 2. The fourth-order valence-electron chi connectivity index (χ4n) is 3.14.